The van der Waals surface area contributed by atoms with E-state index in [1.54, 1.807) is 0 Å². The van der Waals surface area contributed by atoms with Crippen LogP contribution in [0.4, 0.5) is 0 Å². The number of aromatic nitrogens is 3. The Balaban J connectivity index is 1.60. The SMILES string of the molecule is c1ccc(Cc2nnc3n2NC2CCCCC2S3)cc1. The van der Waals surface area contributed by atoms with Crippen LogP contribution in [0.2, 0.25) is 0 Å². The van der Waals surface area contributed by atoms with E-state index in [1.165, 1.54) is 31.2 Å². The average molecular weight is 286 g/mol. The van der Waals surface area contributed by atoms with Gasteiger partial charge in [0, 0.05) is 11.7 Å². The predicted molar refractivity (Wildman–Crippen MR) is 80.5 cm³/mol. The van der Waals surface area contributed by atoms with Crippen LogP contribution in [0.25, 0.3) is 0 Å². The van der Waals surface area contributed by atoms with Crippen LogP contribution < -0.4 is 5.43 Å². The summed E-state index contributed by atoms with van der Waals surface area (Å²) in [5.74, 6) is 1.02. The maximum Gasteiger partial charge on any atom is 0.210 e. The molecule has 2 unspecified atom stereocenters. The van der Waals surface area contributed by atoms with E-state index in [4.69, 9.17) is 0 Å². The van der Waals surface area contributed by atoms with Crippen LogP contribution >= 0.6 is 11.8 Å². The summed E-state index contributed by atoms with van der Waals surface area (Å²) in [7, 11) is 0. The summed E-state index contributed by atoms with van der Waals surface area (Å²) < 4.78 is 2.12. The second-order valence-corrected chi connectivity index (χ2v) is 6.78. The fourth-order valence-electron chi connectivity index (χ4n) is 3.09. The molecular weight excluding hydrogens is 268 g/mol. The highest BCUT2D eigenvalue weighted by molar-refractivity contribution is 7.99. The van der Waals surface area contributed by atoms with Crippen molar-refractivity contribution in [1.82, 2.24) is 14.9 Å². The third-order valence-electron chi connectivity index (χ3n) is 4.16. The van der Waals surface area contributed by atoms with Crippen molar-refractivity contribution in [3.63, 3.8) is 0 Å². The fourth-order valence-corrected chi connectivity index (χ4v) is 4.35. The first-order valence-corrected chi connectivity index (χ1v) is 8.19. The third-order valence-corrected chi connectivity index (χ3v) is 5.50. The summed E-state index contributed by atoms with van der Waals surface area (Å²) in [4.78, 5) is 0. The molecule has 1 aromatic heterocycles. The van der Waals surface area contributed by atoms with Gasteiger partial charge in [-0.2, -0.15) is 0 Å². The van der Waals surface area contributed by atoms with Gasteiger partial charge < -0.3 is 5.43 Å². The van der Waals surface area contributed by atoms with Gasteiger partial charge in [0.15, 0.2) is 5.82 Å². The van der Waals surface area contributed by atoms with Crippen LogP contribution in [0.3, 0.4) is 0 Å². The Kier molecular flexibility index (Phi) is 3.14. The molecule has 4 nitrogen and oxygen atoms in total. The Morgan fingerprint density at radius 1 is 1.15 bits per heavy atom. The van der Waals surface area contributed by atoms with Crippen molar-refractivity contribution >= 4 is 11.8 Å². The minimum absolute atomic E-state index is 0.576. The minimum atomic E-state index is 0.576. The lowest BCUT2D eigenvalue weighted by Crippen LogP contribution is -2.43. The number of benzene rings is 1. The monoisotopic (exact) mass is 286 g/mol. The molecule has 4 rings (SSSR count). The van der Waals surface area contributed by atoms with Gasteiger partial charge in [0.05, 0.1) is 6.04 Å². The lowest BCUT2D eigenvalue weighted by molar-refractivity contribution is 0.428. The first kappa shape index (κ1) is 12.3. The van der Waals surface area contributed by atoms with Gasteiger partial charge in [-0.25, -0.2) is 4.68 Å². The van der Waals surface area contributed by atoms with Crippen LogP contribution in [-0.2, 0) is 6.42 Å². The van der Waals surface area contributed by atoms with Gasteiger partial charge in [0.25, 0.3) is 0 Å². The highest BCUT2D eigenvalue weighted by Crippen LogP contribution is 2.37. The highest BCUT2D eigenvalue weighted by Gasteiger charge is 2.33. The van der Waals surface area contributed by atoms with E-state index in [-0.39, 0.29) is 0 Å². The Hall–Kier alpha value is -1.49. The van der Waals surface area contributed by atoms with Crippen LogP contribution in [0.15, 0.2) is 35.5 Å². The number of hydrogen-bond donors (Lipinski definition) is 1. The number of fused-ring (bicyclic) bond motifs is 2. The van der Waals surface area contributed by atoms with Crippen molar-refractivity contribution in [3.05, 3.63) is 41.7 Å². The molecule has 20 heavy (non-hydrogen) atoms. The van der Waals surface area contributed by atoms with Gasteiger partial charge in [-0.1, -0.05) is 54.9 Å². The smallest absolute Gasteiger partial charge is 0.210 e. The summed E-state index contributed by atoms with van der Waals surface area (Å²) in [6.07, 6.45) is 6.07. The largest absolute Gasteiger partial charge is 0.318 e. The van der Waals surface area contributed by atoms with Gasteiger partial charge in [0.1, 0.15) is 0 Å². The summed E-state index contributed by atoms with van der Waals surface area (Å²) >= 11 is 1.90. The number of rotatable bonds is 2. The quantitative estimate of drug-likeness (QED) is 0.922. The lowest BCUT2D eigenvalue weighted by Gasteiger charge is -2.36. The topological polar surface area (TPSA) is 42.7 Å². The van der Waals surface area contributed by atoms with E-state index < -0.39 is 0 Å². The summed E-state index contributed by atoms with van der Waals surface area (Å²) in [5.41, 5.74) is 4.92. The van der Waals surface area contributed by atoms with Crippen LogP contribution in [0, 0.1) is 0 Å². The molecule has 1 N–H and O–H groups in total. The van der Waals surface area contributed by atoms with Crippen molar-refractivity contribution in [3.8, 4) is 0 Å². The summed E-state index contributed by atoms with van der Waals surface area (Å²) in [6.45, 7) is 0. The maximum absolute atomic E-state index is 4.38. The summed E-state index contributed by atoms with van der Waals surface area (Å²) in [5, 5.41) is 10.4. The Labute approximate surface area is 123 Å². The number of thioether (sulfide) groups is 1. The first-order valence-electron chi connectivity index (χ1n) is 7.31. The standard InChI is InChI=1S/C15H18N4S/c1-2-6-11(7-3-1)10-14-16-17-15-19(14)18-12-8-4-5-9-13(12)20-15/h1-3,6-7,12-13,18H,4-5,8-10H2. The molecule has 0 bridgehead atoms. The van der Waals surface area contributed by atoms with Crippen molar-refractivity contribution in [2.24, 2.45) is 0 Å². The average Bonchev–Trinajstić information content (AvgIpc) is 2.88. The predicted octanol–water partition coefficient (Wildman–Crippen LogP) is 2.83. The molecule has 0 saturated heterocycles. The van der Waals surface area contributed by atoms with Gasteiger partial charge in [-0.05, 0) is 18.4 Å². The molecule has 2 aromatic rings. The molecule has 2 atom stereocenters. The van der Waals surface area contributed by atoms with E-state index in [0.29, 0.717) is 11.3 Å². The van der Waals surface area contributed by atoms with E-state index in [9.17, 15) is 0 Å². The van der Waals surface area contributed by atoms with E-state index in [2.05, 4.69) is 44.6 Å². The third kappa shape index (κ3) is 2.20. The van der Waals surface area contributed by atoms with Gasteiger partial charge in [-0.3, -0.25) is 0 Å². The molecule has 1 saturated carbocycles. The molecule has 1 aliphatic carbocycles. The fraction of sp³-hybridized carbons (Fsp3) is 0.467. The van der Waals surface area contributed by atoms with Crippen molar-refractivity contribution in [2.45, 2.75) is 48.6 Å². The maximum atomic E-state index is 4.38. The first-order chi connectivity index (χ1) is 9.90. The molecule has 0 spiro atoms. The zero-order valence-corrected chi connectivity index (χ0v) is 12.1. The molecule has 1 aliphatic heterocycles. The molecular formula is C15H18N4S. The molecule has 2 aliphatic rings. The van der Waals surface area contributed by atoms with Crippen molar-refractivity contribution in [1.29, 1.82) is 0 Å². The van der Waals surface area contributed by atoms with Gasteiger partial charge in [-0.15, -0.1) is 10.2 Å². The Morgan fingerprint density at radius 2 is 2.00 bits per heavy atom. The van der Waals surface area contributed by atoms with Crippen LogP contribution in [0.1, 0.15) is 37.1 Å². The van der Waals surface area contributed by atoms with Crippen molar-refractivity contribution < 1.29 is 0 Å². The number of nitrogens with one attached hydrogen (secondary N) is 1. The zero-order valence-electron chi connectivity index (χ0n) is 11.3. The molecule has 104 valence electrons. The van der Waals surface area contributed by atoms with Crippen LogP contribution in [0.5, 0.6) is 0 Å². The molecule has 0 radical (unpaired) electrons. The minimum Gasteiger partial charge on any atom is -0.318 e. The normalized spacial score (nSPS) is 24.6. The van der Waals surface area contributed by atoms with E-state index >= 15 is 0 Å². The molecule has 1 fully saturated rings. The molecule has 5 heteroatoms. The Bertz CT molecular complexity index is 595. The van der Waals surface area contributed by atoms with Gasteiger partial charge >= 0.3 is 0 Å². The molecule has 2 heterocycles. The molecule has 0 amide bonds. The molecule has 1 aromatic carbocycles. The Morgan fingerprint density at radius 3 is 2.90 bits per heavy atom. The zero-order chi connectivity index (χ0) is 13.4. The lowest BCUT2D eigenvalue weighted by atomic mass is 9.95. The van der Waals surface area contributed by atoms with Crippen LogP contribution in [-0.4, -0.2) is 26.2 Å². The van der Waals surface area contributed by atoms with Gasteiger partial charge in [0.2, 0.25) is 5.16 Å². The summed E-state index contributed by atoms with van der Waals surface area (Å²) in [6, 6.07) is 11.0. The highest BCUT2D eigenvalue weighted by atomic mass is 32.2. The second-order valence-electron chi connectivity index (χ2n) is 5.57. The van der Waals surface area contributed by atoms with E-state index in [1.807, 2.05) is 17.8 Å². The van der Waals surface area contributed by atoms with Crippen molar-refractivity contribution in [2.75, 3.05) is 5.43 Å². The van der Waals surface area contributed by atoms with E-state index in [0.717, 1.165) is 17.4 Å². The number of hydrogen-bond acceptors (Lipinski definition) is 4. The second kappa shape index (κ2) is 5.13. The number of nitrogens with zero attached hydrogens (tertiary/aromatic N) is 3.